The van der Waals surface area contributed by atoms with Crippen LogP contribution in [-0.4, -0.2) is 30.8 Å². The molecule has 7 heteroatoms. The van der Waals surface area contributed by atoms with E-state index in [4.69, 9.17) is 17.3 Å². The van der Waals surface area contributed by atoms with E-state index in [1.54, 1.807) is 23.1 Å². The lowest BCUT2D eigenvalue weighted by Crippen LogP contribution is -2.09. The molecule has 0 aliphatic heterocycles. The molecule has 0 radical (unpaired) electrons. The zero-order chi connectivity index (χ0) is 13.8. The zero-order valence-corrected chi connectivity index (χ0v) is 13.1. The number of halogens is 1. The molecule has 0 amide bonds. The molecule has 2 rings (SSSR count). The zero-order valence-electron chi connectivity index (χ0n) is 10.7. The Hall–Kier alpha value is -0.820. The first-order valence-electron chi connectivity index (χ1n) is 5.73. The van der Waals surface area contributed by atoms with Crippen molar-refractivity contribution in [2.45, 2.75) is 9.59 Å². The van der Waals surface area contributed by atoms with Crippen LogP contribution in [0.2, 0.25) is 5.02 Å². The summed E-state index contributed by atoms with van der Waals surface area (Å²) in [6.07, 6.45) is 0. The minimum absolute atomic E-state index is 0.0941. The lowest BCUT2D eigenvalue weighted by molar-refractivity contribution is 0.927. The fraction of sp³-hybridized carbons (Fsp3) is 0.333. The third-order valence-corrected chi connectivity index (χ3v) is 5.27. The van der Waals surface area contributed by atoms with E-state index in [0.29, 0.717) is 6.54 Å². The number of benzene rings is 1. The predicted octanol–water partition coefficient (Wildman–Crippen LogP) is 3.05. The number of aromatic nitrogens is 2. The van der Waals surface area contributed by atoms with Crippen molar-refractivity contribution < 1.29 is 0 Å². The second kappa shape index (κ2) is 6.56. The van der Waals surface area contributed by atoms with E-state index in [0.717, 1.165) is 20.1 Å². The minimum Gasteiger partial charge on any atom is -0.353 e. The summed E-state index contributed by atoms with van der Waals surface area (Å²) in [6, 6.07) is 7.77. The van der Waals surface area contributed by atoms with Gasteiger partial charge in [0.15, 0.2) is 4.34 Å². The SMILES string of the molecule is CN(C)c1nnc(SC(CN)c2ccccc2Cl)s1. The lowest BCUT2D eigenvalue weighted by atomic mass is 10.1. The van der Waals surface area contributed by atoms with Gasteiger partial charge in [0.2, 0.25) is 5.13 Å². The largest absolute Gasteiger partial charge is 0.353 e. The van der Waals surface area contributed by atoms with E-state index in [-0.39, 0.29) is 5.25 Å². The number of nitrogens with zero attached hydrogens (tertiary/aromatic N) is 3. The summed E-state index contributed by atoms with van der Waals surface area (Å²) in [7, 11) is 3.90. The molecule has 0 saturated carbocycles. The van der Waals surface area contributed by atoms with Crippen LogP contribution in [0.3, 0.4) is 0 Å². The first-order chi connectivity index (χ1) is 9.11. The van der Waals surface area contributed by atoms with Crippen molar-refractivity contribution in [3.63, 3.8) is 0 Å². The summed E-state index contributed by atoms with van der Waals surface area (Å²) in [6.45, 7) is 0.505. The van der Waals surface area contributed by atoms with E-state index in [2.05, 4.69) is 10.2 Å². The van der Waals surface area contributed by atoms with Gasteiger partial charge >= 0.3 is 0 Å². The Balaban J connectivity index is 2.17. The molecule has 0 saturated heterocycles. The molecule has 19 heavy (non-hydrogen) atoms. The van der Waals surface area contributed by atoms with Gasteiger partial charge in [0.25, 0.3) is 0 Å². The van der Waals surface area contributed by atoms with Crippen LogP contribution >= 0.6 is 34.7 Å². The molecule has 4 nitrogen and oxygen atoms in total. The van der Waals surface area contributed by atoms with Crippen LogP contribution in [0.15, 0.2) is 28.6 Å². The van der Waals surface area contributed by atoms with E-state index >= 15 is 0 Å². The summed E-state index contributed by atoms with van der Waals surface area (Å²) in [4.78, 5) is 1.94. The Bertz CT molecular complexity index is 544. The molecule has 1 aromatic carbocycles. The molecular formula is C12H15ClN4S2. The quantitative estimate of drug-likeness (QED) is 0.860. The number of anilines is 1. The molecule has 1 unspecified atom stereocenters. The van der Waals surface area contributed by atoms with E-state index in [9.17, 15) is 0 Å². The Morgan fingerprint density at radius 2 is 2.11 bits per heavy atom. The number of nitrogens with two attached hydrogens (primary N) is 1. The van der Waals surface area contributed by atoms with Crippen molar-refractivity contribution in [1.29, 1.82) is 0 Å². The molecule has 0 bridgehead atoms. The summed E-state index contributed by atoms with van der Waals surface area (Å²) >= 11 is 9.37. The Labute approximate surface area is 126 Å². The Kier molecular flexibility index (Phi) is 5.04. The van der Waals surface area contributed by atoms with E-state index in [1.807, 2.05) is 43.3 Å². The van der Waals surface area contributed by atoms with Crippen LogP contribution in [0.5, 0.6) is 0 Å². The number of hydrogen-bond donors (Lipinski definition) is 1. The molecule has 1 aromatic heterocycles. The van der Waals surface area contributed by atoms with Crippen molar-refractivity contribution in [3.05, 3.63) is 34.9 Å². The van der Waals surface area contributed by atoms with Crippen LogP contribution in [0, 0.1) is 0 Å². The van der Waals surface area contributed by atoms with Gasteiger partial charge in [-0.15, -0.1) is 10.2 Å². The third kappa shape index (κ3) is 3.60. The van der Waals surface area contributed by atoms with Gasteiger partial charge in [-0.25, -0.2) is 0 Å². The average Bonchev–Trinajstić information content (AvgIpc) is 2.86. The summed E-state index contributed by atoms with van der Waals surface area (Å²) in [5.41, 5.74) is 6.89. The van der Waals surface area contributed by atoms with Crippen molar-refractivity contribution in [2.75, 3.05) is 25.5 Å². The predicted molar refractivity (Wildman–Crippen MR) is 83.3 cm³/mol. The van der Waals surface area contributed by atoms with Gasteiger partial charge in [-0.2, -0.15) is 0 Å². The van der Waals surface area contributed by atoms with Crippen molar-refractivity contribution >= 4 is 39.8 Å². The van der Waals surface area contributed by atoms with Crippen LogP contribution < -0.4 is 10.6 Å². The topological polar surface area (TPSA) is 55.0 Å². The van der Waals surface area contributed by atoms with Gasteiger partial charge < -0.3 is 10.6 Å². The standard InChI is InChI=1S/C12H15ClN4S2/c1-17(2)11-15-16-12(19-11)18-10(7-14)8-5-3-4-6-9(8)13/h3-6,10H,7,14H2,1-2H3. The smallest absolute Gasteiger partial charge is 0.208 e. The number of rotatable bonds is 5. The van der Waals surface area contributed by atoms with Gasteiger partial charge in [-0.1, -0.05) is 52.9 Å². The maximum Gasteiger partial charge on any atom is 0.208 e. The second-order valence-electron chi connectivity index (χ2n) is 4.11. The Morgan fingerprint density at radius 3 is 2.68 bits per heavy atom. The van der Waals surface area contributed by atoms with Gasteiger partial charge in [0, 0.05) is 25.7 Å². The number of thioether (sulfide) groups is 1. The summed E-state index contributed by atoms with van der Waals surface area (Å²) in [5.74, 6) is 0. The normalized spacial score (nSPS) is 12.4. The van der Waals surface area contributed by atoms with Crippen molar-refractivity contribution in [3.8, 4) is 0 Å². The van der Waals surface area contributed by atoms with Crippen LogP contribution in [0.4, 0.5) is 5.13 Å². The highest BCUT2D eigenvalue weighted by molar-refractivity contribution is 8.01. The average molecular weight is 315 g/mol. The highest BCUT2D eigenvalue weighted by Crippen LogP contribution is 2.39. The van der Waals surface area contributed by atoms with Crippen LogP contribution in [-0.2, 0) is 0 Å². The lowest BCUT2D eigenvalue weighted by Gasteiger charge is -2.14. The molecule has 1 heterocycles. The van der Waals surface area contributed by atoms with Crippen LogP contribution in [0.25, 0.3) is 0 Å². The minimum atomic E-state index is 0.0941. The fourth-order valence-electron chi connectivity index (χ4n) is 1.53. The maximum atomic E-state index is 6.21. The highest BCUT2D eigenvalue weighted by Gasteiger charge is 2.17. The Morgan fingerprint density at radius 1 is 1.37 bits per heavy atom. The van der Waals surface area contributed by atoms with Crippen molar-refractivity contribution in [2.24, 2.45) is 5.73 Å². The first kappa shape index (κ1) is 14.6. The van der Waals surface area contributed by atoms with Gasteiger partial charge in [0.05, 0.1) is 5.25 Å². The molecule has 2 aromatic rings. The van der Waals surface area contributed by atoms with Crippen LogP contribution in [0.1, 0.15) is 10.8 Å². The second-order valence-corrected chi connectivity index (χ2v) is 6.92. The molecule has 2 N–H and O–H groups in total. The van der Waals surface area contributed by atoms with Gasteiger partial charge in [-0.05, 0) is 11.6 Å². The maximum absolute atomic E-state index is 6.21. The molecule has 0 aliphatic rings. The number of hydrogen-bond acceptors (Lipinski definition) is 6. The molecule has 102 valence electrons. The van der Waals surface area contributed by atoms with Gasteiger partial charge in [0.1, 0.15) is 0 Å². The molecule has 0 aliphatic carbocycles. The van der Waals surface area contributed by atoms with Crippen molar-refractivity contribution in [1.82, 2.24) is 10.2 Å². The molecule has 0 fully saturated rings. The fourth-order valence-corrected chi connectivity index (χ4v) is 3.89. The van der Waals surface area contributed by atoms with E-state index < -0.39 is 0 Å². The molecule has 0 spiro atoms. The monoisotopic (exact) mass is 314 g/mol. The highest BCUT2D eigenvalue weighted by atomic mass is 35.5. The third-order valence-electron chi connectivity index (χ3n) is 2.49. The molecular weight excluding hydrogens is 300 g/mol. The molecule has 1 atom stereocenters. The summed E-state index contributed by atoms with van der Waals surface area (Å²) in [5, 5.41) is 10.0. The van der Waals surface area contributed by atoms with Gasteiger partial charge in [-0.3, -0.25) is 0 Å². The summed E-state index contributed by atoms with van der Waals surface area (Å²) < 4.78 is 0.902. The van der Waals surface area contributed by atoms with E-state index in [1.165, 1.54) is 0 Å². The first-order valence-corrected chi connectivity index (χ1v) is 7.81.